The van der Waals surface area contributed by atoms with Gasteiger partial charge >= 0.3 is 0 Å². The highest BCUT2D eigenvalue weighted by Crippen LogP contribution is 2.30. The van der Waals surface area contributed by atoms with Crippen molar-refractivity contribution < 1.29 is 9.53 Å². The number of thioether (sulfide) groups is 1. The van der Waals surface area contributed by atoms with E-state index in [9.17, 15) is 4.79 Å². The molecule has 136 valence electrons. The first kappa shape index (κ1) is 19.3. The third kappa shape index (κ3) is 4.76. The van der Waals surface area contributed by atoms with Crippen molar-refractivity contribution in [3.8, 4) is 0 Å². The molecule has 1 saturated carbocycles. The number of hydrogen-bond donors (Lipinski definition) is 1. The zero-order valence-electron chi connectivity index (χ0n) is 15.6. The molecule has 1 aromatic rings. The fourth-order valence-electron chi connectivity index (χ4n) is 3.12. The average Bonchev–Trinajstić information content (AvgIpc) is 3.12. The Hall–Kier alpha value is -1.01. The van der Waals surface area contributed by atoms with Crippen molar-refractivity contribution >= 4 is 17.7 Å². The standard InChI is InChI=1S/C18H31N3O2S/c1-12(2)16(17(22)20-15-8-6-7-9-15)24-18-19-13(3)14(4)21(18)10-11-23-5/h12,15-16H,6-11H2,1-5H3,(H,20,22). The van der Waals surface area contributed by atoms with E-state index >= 15 is 0 Å². The summed E-state index contributed by atoms with van der Waals surface area (Å²) in [7, 11) is 1.71. The van der Waals surface area contributed by atoms with Crippen LogP contribution < -0.4 is 5.32 Å². The van der Waals surface area contributed by atoms with Crippen molar-refractivity contribution in [2.75, 3.05) is 13.7 Å². The number of imidazole rings is 1. The SMILES string of the molecule is COCCn1c(SC(C(=O)NC2CCCC2)C(C)C)nc(C)c1C. The lowest BCUT2D eigenvalue weighted by atomic mass is 10.1. The number of nitrogens with zero attached hydrogens (tertiary/aromatic N) is 2. The molecule has 24 heavy (non-hydrogen) atoms. The molecule has 1 aliphatic rings. The third-order valence-corrected chi connectivity index (χ3v) is 6.27. The zero-order chi connectivity index (χ0) is 17.7. The first-order valence-corrected chi connectivity index (χ1v) is 9.81. The summed E-state index contributed by atoms with van der Waals surface area (Å²) in [5.41, 5.74) is 2.17. The highest BCUT2D eigenvalue weighted by molar-refractivity contribution is 8.00. The van der Waals surface area contributed by atoms with Gasteiger partial charge < -0.3 is 14.6 Å². The van der Waals surface area contributed by atoms with Crippen molar-refractivity contribution in [1.82, 2.24) is 14.9 Å². The van der Waals surface area contributed by atoms with Crippen LogP contribution >= 0.6 is 11.8 Å². The number of aromatic nitrogens is 2. The zero-order valence-corrected chi connectivity index (χ0v) is 16.4. The van der Waals surface area contributed by atoms with Gasteiger partial charge in [-0.05, 0) is 32.6 Å². The number of ether oxygens (including phenoxy) is 1. The number of nitrogens with one attached hydrogen (secondary N) is 1. The first-order chi connectivity index (χ1) is 11.4. The van der Waals surface area contributed by atoms with Crippen LogP contribution in [0, 0.1) is 19.8 Å². The number of carbonyl (C=O) groups is 1. The molecular weight excluding hydrogens is 322 g/mol. The van der Waals surface area contributed by atoms with Crippen LogP contribution in [0.2, 0.25) is 0 Å². The van der Waals surface area contributed by atoms with Crippen LogP contribution in [0.15, 0.2) is 5.16 Å². The van der Waals surface area contributed by atoms with Gasteiger partial charge in [0.1, 0.15) is 0 Å². The summed E-state index contributed by atoms with van der Waals surface area (Å²) in [4.78, 5) is 17.5. The Labute approximate surface area is 149 Å². The number of rotatable bonds is 8. The second-order valence-corrected chi connectivity index (χ2v) is 8.09. The predicted molar refractivity (Wildman–Crippen MR) is 98.5 cm³/mol. The van der Waals surface area contributed by atoms with Gasteiger partial charge in [-0.1, -0.05) is 38.5 Å². The average molecular weight is 354 g/mol. The van der Waals surface area contributed by atoms with Crippen LogP contribution in [0.3, 0.4) is 0 Å². The van der Waals surface area contributed by atoms with Crippen molar-refractivity contribution in [2.45, 2.75) is 76.4 Å². The third-order valence-electron chi connectivity index (χ3n) is 4.74. The van der Waals surface area contributed by atoms with Gasteiger partial charge in [-0.15, -0.1) is 0 Å². The quantitative estimate of drug-likeness (QED) is 0.729. The monoisotopic (exact) mass is 353 g/mol. The molecule has 0 aliphatic heterocycles. The van der Waals surface area contributed by atoms with E-state index in [2.05, 4.69) is 35.6 Å². The smallest absolute Gasteiger partial charge is 0.234 e. The molecule has 1 unspecified atom stereocenters. The van der Waals surface area contributed by atoms with Crippen molar-refractivity contribution in [3.05, 3.63) is 11.4 Å². The second kappa shape index (κ2) is 8.90. The lowest BCUT2D eigenvalue weighted by Gasteiger charge is -2.22. The number of hydrogen-bond acceptors (Lipinski definition) is 4. The molecule has 0 spiro atoms. The maximum Gasteiger partial charge on any atom is 0.234 e. The Morgan fingerprint density at radius 3 is 2.62 bits per heavy atom. The molecule has 0 bridgehead atoms. The minimum atomic E-state index is -0.118. The lowest BCUT2D eigenvalue weighted by molar-refractivity contribution is -0.121. The summed E-state index contributed by atoms with van der Waals surface area (Å²) < 4.78 is 7.38. The minimum absolute atomic E-state index is 0.118. The molecule has 1 heterocycles. The van der Waals surface area contributed by atoms with E-state index in [1.165, 1.54) is 12.8 Å². The molecule has 1 aliphatic carbocycles. The largest absolute Gasteiger partial charge is 0.383 e. The van der Waals surface area contributed by atoms with Crippen molar-refractivity contribution in [3.63, 3.8) is 0 Å². The number of amides is 1. The lowest BCUT2D eigenvalue weighted by Crippen LogP contribution is -2.41. The van der Waals surface area contributed by atoms with Crippen LogP contribution in [-0.4, -0.2) is 40.5 Å². The maximum atomic E-state index is 12.8. The van der Waals surface area contributed by atoms with Gasteiger partial charge in [0.25, 0.3) is 0 Å². The maximum absolute atomic E-state index is 12.8. The van der Waals surface area contributed by atoms with E-state index in [1.54, 1.807) is 18.9 Å². The van der Waals surface area contributed by atoms with Gasteiger partial charge in [-0.25, -0.2) is 4.98 Å². The highest BCUT2D eigenvalue weighted by Gasteiger charge is 2.28. The van der Waals surface area contributed by atoms with Gasteiger partial charge in [0.2, 0.25) is 5.91 Å². The molecule has 2 rings (SSSR count). The molecule has 1 fully saturated rings. The Kier molecular flexibility index (Phi) is 7.16. The molecule has 0 saturated heterocycles. The Morgan fingerprint density at radius 2 is 2.04 bits per heavy atom. The predicted octanol–water partition coefficient (Wildman–Crippen LogP) is 3.32. The topological polar surface area (TPSA) is 56.1 Å². The highest BCUT2D eigenvalue weighted by atomic mass is 32.2. The Bertz CT molecular complexity index is 551. The summed E-state index contributed by atoms with van der Waals surface area (Å²) >= 11 is 1.58. The molecule has 1 amide bonds. The second-order valence-electron chi connectivity index (χ2n) is 6.98. The van der Waals surface area contributed by atoms with Crippen LogP contribution in [0.4, 0.5) is 0 Å². The van der Waals surface area contributed by atoms with Gasteiger partial charge in [-0.2, -0.15) is 0 Å². The summed E-state index contributed by atoms with van der Waals surface area (Å²) in [6, 6.07) is 0.357. The van der Waals surface area contributed by atoms with E-state index in [0.29, 0.717) is 12.6 Å². The Balaban J connectivity index is 2.12. The summed E-state index contributed by atoms with van der Waals surface area (Å²) in [6.45, 7) is 9.71. The number of carbonyl (C=O) groups excluding carboxylic acids is 1. The fraction of sp³-hybridized carbons (Fsp3) is 0.778. The van der Waals surface area contributed by atoms with Gasteiger partial charge in [-0.3, -0.25) is 4.79 Å². The van der Waals surface area contributed by atoms with E-state index < -0.39 is 0 Å². The molecular formula is C18H31N3O2S. The number of methoxy groups -OCH3 is 1. The van der Waals surface area contributed by atoms with Gasteiger partial charge in [0.15, 0.2) is 5.16 Å². The number of aryl methyl sites for hydroxylation is 1. The van der Waals surface area contributed by atoms with Crippen LogP contribution in [0.25, 0.3) is 0 Å². The Morgan fingerprint density at radius 1 is 1.38 bits per heavy atom. The minimum Gasteiger partial charge on any atom is -0.383 e. The van der Waals surface area contributed by atoms with Crippen molar-refractivity contribution in [1.29, 1.82) is 0 Å². The fourth-order valence-corrected chi connectivity index (χ4v) is 4.34. The van der Waals surface area contributed by atoms with E-state index in [4.69, 9.17) is 4.74 Å². The molecule has 1 atom stereocenters. The van der Waals surface area contributed by atoms with Crippen LogP contribution in [0.5, 0.6) is 0 Å². The van der Waals surface area contributed by atoms with Crippen LogP contribution in [0.1, 0.15) is 50.9 Å². The molecule has 5 nitrogen and oxygen atoms in total. The molecule has 6 heteroatoms. The molecule has 0 aromatic carbocycles. The normalized spacial score (nSPS) is 16.8. The van der Waals surface area contributed by atoms with Crippen LogP contribution in [-0.2, 0) is 16.1 Å². The summed E-state index contributed by atoms with van der Waals surface area (Å²) in [5.74, 6) is 0.406. The summed E-state index contributed by atoms with van der Waals surface area (Å²) in [5, 5.41) is 4.04. The molecule has 1 aromatic heterocycles. The van der Waals surface area contributed by atoms with Gasteiger partial charge in [0.05, 0.1) is 17.6 Å². The van der Waals surface area contributed by atoms with Crippen molar-refractivity contribution in [2.24, 2.45) is 5.92 Å². The van der Waals surface area contributed by atoms with E-state index in [-0.39, 0.29) is 17.1 Å². The first-order valence-electron chi connectivity index (χ1n) is 8.93. The summed E-state index contributed by atoms with van der Waals surface area (Å²) in [6.07, 6.45) is 4.68. The molecule has 1 N–H and O–H groups in total. The van der Waals surface area contributed by atoms with Gasteiger partial charge in [0, 0.05) is 25.4 Å². The molecule has 0 radical (unpaired) electrons. The van der Waals surface area contributed by atoms with E-state index in [1.807, 2.05) is 6.92 Å². The van der Waals surface area contributed by atoms with E-state index in [0.717, 1.165) is 35.9 Å².